The molecule has 2 aromatic heterocycles. The van der Waals surface area contributed by atoms with Crippen LogP contribution in [0.5, 0.6) is 0 Å². The first-order valence-electron chi connectivity index (χ1n) is 5.78. The minimum absolute atomic E-state index is 0.200. The second-order valence-corrected chi connectivity index (χ2v) is 4.01. The van der Waals surface area contributed by atoms with Crippen molar-refractivity contribution in [2.24, 2.45) is 0 Å². The second kappa shape index (κ2) is 5.03. The van der Waals surface area contributed by atoms with E-state index in [1.165, 1.54) is 13.4 Å². The minimum Gasteiger partial charge on any atom is -0.468 e. The second-order valence-electron chi connectivity index (χ2n) is 4.01. The highest BCUT2D eigenvalue weighted by Crippen LogP contribution is 2.17. The number of carbonyl (C=O) groups is 1. The number of pyridine rings is 1. The zero-order chi connectivity index (χ0) is 13.1. The molecule has 0 aliphatic rings. The number of likely N-dealkylation sites (N-methyl/N-ethyl adjacent to an activating group) is 1. The van der Waals surface area contributed by atoms with Crippen LogP contribution in [0.15, 0.2) is 18.5 Å². The Kier molecular flexibility index (Phi) is 3.45. The Balaban J connectivity index is 2.43. The van der Waals surface area contributed by atoms with Crippen molar-refractivity contribution in [1.82, 2.24) is 14.6 Å². The van der Waals surface area contributed by atoms with Crippen molar-refractivity contribution in [3.8, 4) is 0 Å². The van der Waals surface area contributed by atoms with Gasteiger partial charge in [0.05, 0.1) is 7.11 Å². The maximum absolute atomic E-state index is 11.4. The van der Waals surface area contributed by atoms with Gasteiger partial charge >= 0.3 is 5.97 Å². The average Bonchev–Trinajstić information content (AvgIpc) is 2.82. The molecule has 0 amide bonds. The predicted octanol–water partition coefficient (Wildman–Crippen LogP) is 1.04. The average molecular weight is 248 g/mol. The molecular formula is C12H16N4O2. The van der Waals surface area contributed by atoms with Crippen molar-refractivity contribution < 1.29 is 9.53 Å². The van der Waals surface area contributed by atoms with Gasteiger partial charge in [-0.25, -0.2) is 4.98 Å². The minimum atomic E-state index is -0.272. The molecule has 96 valence electrons. The summed E-state index contributed by atoms with van der Waals surface area (Å²) in [6, 6.07) is 3.93. The first-order chi connectivity index (χ1) is 8.65. The number of aromatic nitrogens is 3. The monoisotopic (exact) mass is 248 g/mol. The van der Waals surface area contributed by atoms with E-state index < -0.39 is 0 Å². The molecule has 0 N–H and O–H groups in total. The molecule has 0 unspecified atom stereocenters. The SMILES string of the molecule is CCN(CC(=O)OC)c1cc(C)cc2ncnn12. The summed E-state index contributed by atoms with van der Waals surface area (Å²) in [6.45, 7) is 4.86. The fourth-order valence-corrected chi connectivity index (χ4v) is 1.84. The van der Waals surface area contributed by atoms with Gasteiger partial charge in [0.25, 0.3) is 0 Å². The molecule has 0 aliphatic heterocycles. The third kappa shape index (κ3) is 2.27. The molecule has 18 heavy (non-hydrogen) atoms. The lowest BCUT2D eigenvalue weighted by Gasteiger charge is -2.22. The van der Waals surface area contributed by atoms with Crippen LogP contribution < -0.4 is 4.90 Å². The van der Waals surface area contributed by atoms with Crippen molar-refractivity contribution >= 4 is 17.4 Å². The Labute approximate surface area is 105 Å². The molecule has 0 spiro atoms. The highest BCUT2D eigenvalue weighted by Gasteiger charge is 2.14. The van der Waals surface area contributed by atoms with E-state index in [0.29, 0.717) is 6.54 Å². The summed E-state index contributed by atoms with van der Waals surface area (Å²) in [7, 11) is 1.39. The first-order valence-corrected chi connectivity index (χ1v) is 5.78. The molecule has 2 heterocycles. The first kappa shape index (κ1) is 12.3. The van der Waals surface area contributed by atoms with E-state index >= 15 is 0 Å². The maximum atomic E-state index is 11.4. The summed E-state index contributed by atoms with van der Waals surface area (Å²) < 4.78 is 6.42. The molecule has 0 aromatic carbocycles. The van der Waals surface area contributed by atoms with Crippen LogP contribution in [0.2, 0.25) is 0 Å². The van der Waals surface area contributed by atoms with Crippen LogP contribution in [0.25, 0.3) is 5.65 Å². The van der Waals surface area contributed by atoms with Crippen molar-refractivity contribution in [2.45, 2.75) is 13.8 Å². The van der Waals surface area contributed by atoms with Gasteiger partial charge in [-0.2, -0.15) is 9.61 Å². The van der Waals surface area contributed by atoms with E-state index in [1.54, 1.807) is 4.52 Å². The van der Waals surface area contributed by atoms with Crippen LogP contribution in [-0.2, 0) is 9.53 Å². The van der Waals surface area contributed by atoms with Crippen molar-refractivity contribution in [3.63, 3.8) is 0 Å². The van der Waals surface area contributed by atoms with E-state index in [4.69, 9.17) is 4.74 Å². The Morgan fingerprint density at radius 3 is 2.94 bits per heavy atom. The Bertz CT molecular complexity index is 564. The highest BCUT2D eigenvalue weighted by atomic mass is 16.5. The summed E-state index contributed by atoms with van der Waals surface area (Å²) in [5.41, 5.74) is 1.85. The molecule has 0 bridgehead atoms. The number of carbonyl (C=O) groups excluding carboxylic acids is 1. The fourth-order valence-electron chi connectivity index (χ4n) is 1.84. The number of fused-ring (bicyclic) bond motifs is 1. The van der Waals surface area contributed by atoms with Crippen LogP contribution >= 0.6 is 0 Å². The van der Waals surface area contributed by atoms with E-state index in [2.05, 4.69) is 10.1 Å². The standard InChI is InChI=1S/C12H16N4O2/c1-4-15(7-12(17)18-3)11-6-9(2)5-10-13-8-14-16(10)11/h5-6,8H,4,7H2,1-3H3. The molecule has 2 rings (SSSR count). The number of hydrogen-bond acceptors (Lipinski definition) is 5. The van der Waals surface area contributed by atoms with Gasteiger partial charge in [-0.15, -0.1) is 0 Å². The number of ether oxygens (including phenoxy) is 1. The predicted molar refractivity (Wildman–Crippen MR) is 67.6 cm³/mol. The normalized spacial score (nSPS) is 10.6. The molecule has 0 saturated carbocycles. The fraction of sp³-hybridized carbons (Fsp3) is 0.417. The topological polar surface area (TPSA) is 59.7 Å². The van der Waals surface area contributed by atoms with Crippen LogP contribution in [0.3, 0.4) is 0 Å². The van der Waals surface area contributed by atoms with Crippen LogP contribution in [0.1, 0.15) is 12.5 Å². The molecular weight excluding hydrogens is 232 g/mol. The molecule has 0 radical (unpaired) electrons. The third-order valence-electron chi connectivity index (χ3n) is 2.76. The number of rotatable bonds is 4. The number of methoxy groups -OCH3 is 1. The van der Waals surface area contributed by atoms with E-state index in [1.807, 2.05) is 30.9 Å². The Morgan fingerprint density at radius 1 is 1.50 bits per heavy atom. The van der Waals surface area contributed by atoms with Gasteiger partial charge in [0.1, 0.15) is 18.7 Å². The van der Waals surface area contributed by atoms with Gasteiger partial charge < -0.3 is 9.64 Å². The molecule has 6 heteroatoms. The molecule has 0 aliphatic carbocycles. The van der Waals surface area contributed by atoms with Gasteiger partial charge in [-0.3, -0.25) is 4.79 Å². The molecule has 6 nitrogen and oxygen atoms in total. The lowest BCUT2D eigenvalue weighted by atomic mass is 10.2. The zero-order valence-corrected chi connectivity index (χ0v) is 10.8. The highest BCUT2D eigenvalue weighted by molar-refractivity contribution is 5.75. The largest absolute Gasteiger partial charge is 0.468 e. The van der Waals surface area contributed by atoms with Crippen LogP contribution in [0, 0.1) is 6.92 Å². The summed E-state index contributed by atoms with van der Waals surface area (Å²) in [5, 5.41) is 4.17. The molecule has 0 fully saturated rings. The third-order valence-corrected chi connectivity index (χ3v) is 2.76. The van der Waals surface area contributed by atoms with Crippen molar-refractivity contribution in [2.75, 3.05) is 25.1 Å². The lowest BCUT2D eigenvalue weighted by molar-refractivity contribution is -0.138. The smallest absolute Gasteiger partial charge is 0.325 e. The number of anilines is 1. The number of hydrogen-bond donors (Lipinski definition) is 0. The molecule has 0 saturated heterocycles. The Hall–Kier alpha value is -2.11. The van der Waals surface area contributed by atoms with E-state index in [-0.39, 0.29) is 12.5 Å². The summed E-state index contributed by atoms with van der Waals surface area (Å²) in [4.78, 5) is 17.5. The van der Waals surface area contributed by atoms with Gasteiger partial charge in [0.2, 0.25) is 0 Å². The van der Waals surface area contributed by atoms with Gasteiger partial charge in [0, 0.05) is 6.54 Å². The summed E-state index contributed by atoms with van der Waals surface area (Å²) in [6.07, 6.45) is 1.50. The summed E-state index contributed by atoms with van der Waals surface area (Å²) >= 11 is 0. The number of esters is 1. The molecule has 0 atom stereocenters. The summed E-state index contributed by atoms with van der Waals surface area (Å²) in [5.74, 6) is 0.571. The maximum Gasteiger partial charge on any atom is 0.325 e. The van der Waals surface area contributed by atoms with Crippen molar-refractivity contribution in [1.29, 1.82) is 0 Å². The zero-order valence-electron chi connectivity index (χ0n) is 10.8. The lowest BCUT2D eigenvalue weighted by Crippen LogP contribution is -2.32. The number of aryl methyl sites for hydroxylation is 1. The Morgan fingerprint density at radius 2 is 2.28 bits per heavy atom. The number of nitrogens with zero attached hydrogens (tertiary/aromatic N) is 4. The quantitative estimate of drug-likeness (QED) is 0.756. The van der Waals surface area contributed by atoms with Crippen LogP contribution in [-0.4, -0.2) is 40.8 Å². The van der Waals surface area contributed by atoms with Gasteiger partial charge in [-0.05, 0) is 31.5 Å². The van der Waals surface area contributed by atoms with E-state index in [9.17, 15) is 4.79 Å². The van der Waals surface area contributed by atoms with Crippen LogP contribution in [0.4, 0.5) is 5.82 Å². The van der Waals surface area contributed by atoms with Crippen molar-refractivity contribution in [3.05, 3.63) is 24.0 Å². The van der Waals surface area contributed by atoms with E-state index in [0.717, 1.165) is 17.0 Å². The van der Waals surface area contributed by atoms with Gasteiger partial charge in [0.15, 0.2) is 5.65 Å². The van der Waals surface area contributed by atoms with Gasteiger partial charge in [-0.1, -0.05) is 0 Å². The molecule has 2 aromatic rings.